The summed E-state index contributed by atoms with van der Waals surface area (Å²) in [6.45, 7) is 1.76. The number of hydrogen-bond acceptors (Lipinski definition) is 2. The molecular weight excluding hydrogens is 255 g/mol. The van der Waals surface area contributed by atoms with Gasteiger partial charge in [0.05, 0.1) is 11.6 Å². The molecule has 0 aliphatic carbocycles. The van der Waals surface area contributed by atoms with Gasteiger partial charge in [-0.1, -0.05) is 30.3 Å². The number of halogens is 1. The zero-order chi connectivity index (χ0) is 14.5. The number of carbonyl (C=O) groups excluding carboxylic acids is 1. The van der Waals surface area contributed by atoms with Gasteiger partial charge in [-0.25, -0.2) is 4.39 Å². The van der Waals surface area contributed by atoms with E-state index in [4.69, 9.17) is 0 Å². The van der Waals surface area contributed by atoms with Gasteiger partial charge in [-0.2, -0.15) is 0 Å². The first kappa shape index (κ1) is 14.1. The third-order valence-corrected chi connectivity index (χ3v) is 3.16. The van der Waals surface area contributed by atoms with Crippen LogP contribution < -0.4 is 10.6 Å². The standard InChI is InChI=1S/C16H17FN2O/c1-11(12-7-3-5-9-14(12)17)19-16(20)13-8-4-6-10-15(13)18-2/h3-11,18H,1-2H3,(H,19,20)/t11-/m1/s1. The molecule has 104 valence electrons. The van der Waals surface area contributed by atoms with Crippen LogP contribution in [0.3, 0.4) is 0 Å². The summed E-state index contributed by atoms with van der Waals surface area (Å²) >= 11 is 0. The third kappa shape index (κ3) is 2.96. The molecule has 0 bridgehead atoms. The Balaban J connectivity index is 2.18. The predicted octanol–water partition coefficient (Wildman–Crippen LogP) is 3.36. The topological polar surface area (TPSA) is 41.1 Å². The minimum atomic E-state index is -0.395. The molecule has 0 unspecified atom stereocenters. The van der Waals surface area contributed by atoms with Crippen LogP contribution in [0.15, 0.2) is 48.5 Å². The monoisotopic (exact) mass is 272 g/mol. The maximum Gasteiger partial charge on any atom is 0.253 e. The largest absolute Gasteiger partial charge is 0.387 e. The predicted molar refractivity (Wildman–Crippen MR) is 78.3 cm³/mol. The highest BCUT2D eigenvalue weighted by Gasteiger charge is 2.16. The number of benzene rings is 2. The average molecular weight is 272 g/mol. The van der Waals surface area contributed by atoms with Crippen LogP contribution in [0.25, 0.3) is 0 Å². The Morgan fingerprint density at radius 1 is 1.10 bits per heavy atom. The first-order valence-electron chi connectivity index (χ1n) is 6.45. The van der Waals surface area contributed by atoms with Crippen LogP contribution in [-0.4, -0.2) is 13.0 Å². The Labute approximate surface area is 117 Å². The number of nitrogens with one attached hydrogen (secondary N) is 2. The molecule has 20 heavy (non-hydrogen) atoms. The van der Waals surface area contributed by atoms with Crippen molar-refractivity contribution in [3.8, 4) is 0 Å². The molecule has 1 amide bonds. The van der Waals surface area contributed by atoms with E-state index in [-0.39, 0.29) is 11.7 Å². The molecular formula is C16H17FN2O. The summed E-state index contributed by atoms with van der Waals surface area (Å²) in [5, 5.41) is 5.78. The maximum absolute atomic E-state index is 13.7. The lowest BCUT2D eigenvalue weighted by molar-refractivity contribution is 0.0940. The van der Waals surface area contributed by atoms with Crippen molar-refractivity contribution in [3.63, 3.8) is 0 Å². The summed E-state index contributed by atoms with van der Waals surface area (Å²) in [7, 11) is 1.76. The lowest BCUT2D eigenvalue weighted by atomic mass is 10.1. The summed E-state index contributed by atoms with van der Waals surface area (Å²) in [4.78, 5) is 12.2. The highest BCUT2D eigenvalue weighted by atomic mass is 19.1. The van der Waals surface area contributed by atoms with Gasteiger partial charge in [0.15, 0.2) is 0 Å². The Hall–Kier alpha value is -2.36. The van der Waals surface area contributed by atoms with E-state index in [1.165, 1.54) is 6.07 Å². The molecule has 0 fully saturated rings. The highest BCUT2D eigenvalue weighted by Crippen LogP contribution is 2.19. The van der Waals surface area contributed by atoms with Crippen molar-refractivity contribution in [2.45, 2.75) is 13.0 Å². The van der Waals surface area contributed by atoms with Crippen molar-refractivity contribution in [1.29, 1.82) is 0 Å². The highest BCUT2D eigenvalue weighted by molar-refractivity contribution is 5.99. The van der Waals surface area contributed by atoms with Crippen molar-refractivity contribution in [2.24, 2.45) is 0 Å². The molecule has 0 aliphatic rings. The Morgan fingerprint density at radius 3 is 2.45 bits per heavy atom. The molecule has 2 aromatic rings. The lowest BCUT2D eigenvalue weighted by Gasteiger charge is -2.16. The van der Waals surface area contributed by atoms with E-state index in [0.717, 1.165) is 5.69 Å². The van der Waals surface area contributed by atoms with Crippen molar-refractivity contribution in [2.75, 3.05) is 12.4 Å². The first-order chi connectivity index (χ1) is 9.63. The Kier molecular flexibility index (Phi) is 4.35. The van der Waals surface area contributed by atoms with E-state index in [9.17, 15) is 9.18 Å². The summed E-state index contributed by atoms with van der Waals surface area (Å²) in [5.74, 6) is -0.548. The van der Waals surface area contributed by atoms with Crippen LogP contribution in [0, 0.1) is 5.82 Å². The number of rotatable bonds is 4. The fourth-order valence-electron chi connectivity index (χ4n) is 2.08. The molecule has 0 aliphatic heterocycles. The quantitative estimate of drug-likeness (QED) is 0.896. The van der Waals surface area contributed by atoms with E-state index in [2.05, 4.69) is 10.6 Å². The van der Waals surface area contributed by atoms with Crippen LogP contribution in [-0.2, 0) is 0 Å². The number of hydrogen-bond donors (Lipinski definition) is 2. The van der Waals surface area contributed by atoms with Gasteiger partial charge >= 0.3 is 0 Å². The second-order valence-corrected chi connectivity index (χ2v) is 4.51. The van der Waals surface area contributed by atoms with Crippen molar-refractivity contribution < 1.29 is 9.18 Å². The second-order valence-electron chi connectivity index (χ2n) is 4.51. The van der Waals surface area contributed by atoms with Crippen LogP contribution in [0.2, 0.25) is 0 Å². The molecule has 0 saturated heterocycles. The molecule has 2 N–H and O–H groups in total. The minimum Gasteiger partial charge on any atom is -0.387 e. The Bertz CT molecular complexity index is 613. The third-order valence-electron chi connectivity index (χ3n) is 3.16. The van der Waals surface area contributed by atoms with Gasteiger partial charge in [-0.05, 0) is 25.1 Å². The van der Waals surface area contributed by atoms with Gasteiger partial charge in [0.1, 0.15) is 5.82 Å². The number of carbonyl (C=O) groups is 1. The van der Waals surface area contributed by atoms with Crippen LogP contribution >= 0.6 is 0 Å². The molecule has 2 rings (SSSR count). The maximum atomic E-state index is 13.7. The van der Waals surface area contributed by atoms with E-state index >= 15 is 0 Å². The van der Waals surface area contributed by atoms with Crippen LogP contribution in [0.5, 0.6) is 0 Å². The number of amides is 1. The van der Waals surface area contributed by atoms with Crippen LogP contribution in [0.1, 0.15) is 28.9 Å². The van der Waals surface area contributed by atoms with Crippen molar-refractivity contribution in [3.05, 3.63) is 65.5 Å². The van der Waals surface area contributed by atoms with Gasteiger partial charge in [-0.3, -0.25) is 4.79 Å². The van der Waals surface area contributed by atoms with Gasteiger partial charge in [0.25, 0.3) is 5.91 Å². The summed E-state index contributed by atoms with van der Waals surface area (Å²) < 4.78 is 13.7. The second kappa shape index (κ2) is 6.19. The number of anilines is 1. The normalized spacial score (nSPS) is 11.8. The van der Waals surface area contributed by atoms with Gasteiger partial charge < -0.3 is 10.6 Å². The van der Waals surface area contributed by atoms with E-state index in [1.54, 1.807) is 44.3 Å². The van der Waals surface area contributed by atoms with E-state index < -0.39 is 6.04 Å². The van der Waals surface area contributed by atoms with E-state index in [0.29, 0.717) is 11.1 Å². The summed E-state index contributed by atoms with van der Waals surface area (Å²) in [6.07, 6.45) is 0. The summed E-state index contributed by atoms with van der Waals surface area (Å²) in [5.41, 5.74) is 1.76. The molecule has 2 aromatic carbocycles. The fourth-order valence-corrected chi connectivity index (χ4v) is 2.08. The molecule has 3 nitrogen and oxygen atoms in total. The molecule has 0 radical (unpaired) electrons. The molecule has 0 spiro atoms. The minimum absolute atomic E-state index is 0.231. The van der Waals surface area contributed by atoms with Crippen molar-refractivity contribution >= 4 is 11.6 Å². The molecule has 4 heteroatoms. The molecule has 0 aromatic heterocycles. The number of para-hydroxylation sites is 1. The SMILES string of the molecule is CNc1ccccc1C(=O)N[C@H](C)c1ccccc1F. The fraction of sp³-hybridized carbons (Fsp3) is 0.188. The van der Waals surface area contributed by atoms with Crippen molar-refractivity contribution in [1.82, 2.24) is 5.32 Å². The van der Waals surface area contributed by atoms with Gasteiger partial charge in [-0.15, -0.1) is 0 Å². The van der Waals surface area contributed by atoms with Gasteiger partial charge in [0, 0.05) is 18.3 Å². The van der Waals surface area contributed by atoms with Gasteiger partial charge in [0.2, 0.25) is 0 Å². The zero-order valence-electron chi connectivity index (χ0n) is 11.5. The van der Waals surface area contributed by atoms with E-state index in [1.807, 2.05) is 12.1 Å². The lowest BCUT2D eigenvalue weighted by Crippen LogP contribution is -2.27. The Morgan fingerprint density at radius 2 is 1.75 bits per heavy atom. The first-order valence-corrected chi connectivity index (χ1v) is 6.45. The average Bonchev–Trinajstić information content (AvgIpc) is 2.47. The summed E-state index contributed by atoms with van der Waals surface area (Å²) in [6, 6.07) is 13.2. The molecule has 0 saturated carbocycles. The van der Waals surface area contributed by atoms with Crippen LogP contribution in [0.4, 0.5) is 10.1 Å². The smallest absolute Gasteiger partial charge is 0.253 e. The zero-order valence-corrected chi connectivity index (χ0v) is 11.5. The molecule has 1 atom stereocenters. The molecule has 0 heterocycles.